The largest absolute Gasteiger partial charge is 0.464 e. The van der Waals surface area contributed by atoms with Crippen LogP contribution in [0.2, 0.25) is 0 Å². The highest BCUT2D eigenvalue weighted by atomic mass is 19.4. The average Bonchev–Trinajstić information content (AvgIpc) is 2.92. The zero-order valence-electron chi connectivity index (χ0n) is 11.3. The number of alkyl halides is 3. The van der Waals surface area contributed by atoms with Gasteiger partial charge in [-0.15, -0.1) is 0 Å². The monoisotopic (exact) mass is 294 g/mol. The van der Waals surface area contributed by atoms with Gasteiger partial charge in [-0.1, -0.05) is 6.92 Å². The van der Waals surface area contributed by atoms with Crippen LogP contribution in [0.4, 0.5) is 18.9 Å². The summed E-state index contributed by atoms with van der Waals surface area (Å²) < 4.78 is 44.0. The maximum atomic E-state index is 12.8. The molecule has 1 aromatic carbocycles. The Morgan fingerprint density at radius 2 is 1.90 bits per heavy atom. The van der Waals surface area contributed by atoms with Gasteiger partial charge < -0.3 is 9.73 Å². The van der Waals surface area contributed by atoms with E-state index in [0.29, 0.717) is 5.76 Å². The van der Waals surface area contributed by atoms with E-state index in [-0.39, 0.29) is 17.8 Å². The number of rotatable bonds is 4. The molecule has 0 aliphatic carbocycles. The molecule has 1 aromatic heterocycles. The fourth-order valence-electron chi connectivity index (χ4n) is 1.88. The summed E-state index contributed by atoms with van der Waals surface area (Å²) in [7, 11) is 0. The van der Waals surface area contributed by atoms with Gasteiger partial charge in [-0.3, -0.25) is 0 Å². The minimum atomic E-state index is -4.55. The first kappa shape index (κ1) is 15.0. The number of nitrogens with zero attached hydrogens (tertiary/aromatic N) is 1. The van der Waals surface area contributed by atoms with Crippen molar-refractivity contribution in [2.45, 2.75) is 26.1 Å². The molecule has 0 saturated carbocycles. The van der Waals surface area contributed by atoms with Gasteiger partial charge in [0.2, 0.25) is 0 Å². The molecule has 1 heterocycles. The highest BCUT2D eigenvalue weighted by Gasteiger charge is 2.33. The van der Waals surface area contributed by atoms with E-state index in [1.54, 1.807) is 12.1 Å². The zero-order chi connectivity index (χ0) is 15.5. The Labute approximate surface area is 120 Å². The van der Waals surface area contributed by atoms with E-state index >= 15 is 0 Å². The fraction of sp³-hybridized carbons (Fsp3) is 0.267. The zero-order valence-corrected chi connectivity index (χ0v) is 11.3. The first-order valence-corrected chi connectivity index (χ1v) is 6.37. The number of anilines is 1. The quantitative estimate of drug-likeness (QED) is 0.912. The highest BCUT2D eigenvalue weighted by Crippen LogP contribution is 2.33. The number of halogens is 3. The first-order valence-electron chi connectivity index (χ1n) is 6.37. The molecular weight excluding hydrogens is 281 g/mol. The molecule has 0 unspecified atom stereocenters. The summed E-state index contributed by atoms with van der Waals surface area (Å²) in [6.45, 7) is 2.23. The van der Waals surface area contributed by atoms with Gasteiger partial charge >= 0.3 is 6.18 Å². The molecule has 0 radical (unpaired) electrons. The normalized spacial score (nSPS) is 11.2. The SMILES string of the molecule is CCc1ccc(CNc2ccc(C#N)c(C(F)(F)F)c2)o1. The Balaban J connectivity index is 2.16. The van der Waals surface area contributed by atoms with E-state index in [1.165, 1.54) is 6.07 Å². The molecule has 6 heteroatoms. The van der Waals surface area contributed by atoms with E-state index in [0.717, 1.165) is 24.3 Å². The Morgan fingerprint density at radius 1 is 1.19 bits per heavy atom. The van der Waals surface area contributed by atoms with E-state index < -0.39 is 11.7 Å². The molecule has 0 aliphatic heterocycles. The molecule has 0 fully saturated rings. The molecular formula is C15H13F3N2O. The lowest BCUT2D eigenvalue weighted by molar-refractivity contribution is -0.137. The van der Waals surface area contributed by atoms with Gasteiger partial charge in [-0.25, -0.2) is 0 Å². The summed E-state index contributed by atoms with van der Waals surface area (Å²) in [5, 5.41) is 11.6. The average molecular weight is 294 g/mol. The minimum Gasteiger partial charge on any atom is -0.464 e. The summed E-state index contributed by atoms with van der Waals surface area (Å²) in [5.74, 6) is 1.47. The van der Waals surface area contributed by atoms with E-state index in [4.69, 9.17) is 9.68 Å². The van der Waals surface area contributed by atoms with Gasteiger partial charge in [0, 0.05) is 12.1 Å². The molecule has 2 rings (SSSR count). The molecule has 0 saturated heterocycles. The van der Waals surface area contributed by atoms with Gasteiger partial charge in [0.05, 0.1) is 23.7 Å². The van der Waals surface area contributed by atoms with Gasteiger partial charge in [0.15, 0.2) is 0 Å². The second kappa shape index (κ2) is 5.92. The summed E-state index contributed by atoms with van der Waals surface area (Å²) in [6, 6.07) is 8.69. The summed E-state index contributed by atoms with van der Waals surface area (Å²) in [6.07, 6.45) is -3.79. The Kier molecular flexibility index (Phi) is 4.22. The Morgan fingerprint density at radius 3 is 2.48 bits per heavy atom. The van der Waals surface area contributed by atoms with Gasteiger partial charge in [-0.2, -0.15) is 18.4 Å². The molecule has 3 nitrogen and oxygen atoms in total. The molecule has 2 aromatic rings. The van der Waals surface area contributed by atoms with E-state index in [2.05, 4.69) is 5.32 Å². The molecule has 0 spiro atoms. The Bertz CT molecular complexity index is 668. The van der Waals surface area contributed by atoms with Crippen LogP contribution in [0.15, 0.2) is 34.7 Å². The van der Waals surface area contributed by atoms with Crippen molar-refractivity contribution in [3.63, 3.8) is 0 Å². The smallest absolute Gasteiger partial charge is 0.417 e. The standard InChI is InChI=1S/C15H13F3N2O/c1-2-12-5-6-13(21-12)9-20-11-4-3-10(8-19)14(7-11)15(16,17)18/h3-7,20H,2,9H2,1H3. The number of hydrogen-bond donors (Lipinski definition) is 1. The number of hydrogen-bond acceptors (Lipinski definition) is 3. The van der Waals surface area contributed by atoms with Crippen molar-refractivity contribution in [1.82, 2.24) is 0 Å². The molecule has 0 atom stereocenters. The van der Waals surface area contributed by atoms with E-state index in [1.807, 2.05) is 13.0 Å². The third-order valence-electron chi connectivity index (χ3n) is 2.98. The van der Waals surface area contributed by atoms with Gasteiger partial charge in [0.25, 0.3) is 0 Å². The number of furan rings is 1. The predicted octanol–water partition coefficient (Wildman–Crippen LogP) is 4.34. The van der Waals surface area contributed by atoms with E-state index in [9.17, 15) is 13.2 Å². The highest BCUT2D eigenvalue weighted by molar-refractivity contribution is 5.53. The third-order valence-corrected chi connectivity index (χ3v) is 2.98. The lowest BCUT2D eigenvalue weighted by atomic mass is 10.1. The fourth-order valence-corrected chi connectivity index (χ4v) is 1.88. The lowest BCUT2D eigenvalue weighted by Crippen LogP contribution is -2.09. The summed E-state index contributed by atoms with van der Waals surface area (Å²) in [5.41, 5.74) is -1.04. The van der Waals surface area contributed by atoms with Gasteiger partial charge in [0.1, 0.15) is 11.5 Å². The van der Waals surface area contributed by atoms with Crippen molar-refractivity contribution in [1.29, 1.82) is 5.26 Å². The van der Waals surface area contributed by atoms with Crippen molar-refractivity contribution in [3.8, 4) is 6.07 Å². The van der Waals surface area contributed by atoms with Crippen LogP contribution in [-0.4, -0.2) is 0 Å². The van der Waals surface area contributed by atoms with Crippen molar-refractivity contribution in [2.75, 3.05) is 5.32 Å². The van der Waals surface area contributed by atoms with Crippen LogP contribution in [-0.2, 0) is 19.1 Å². The number of nitriles is 1. The molecule has 1 N–H and O–H groups in total. The van der Waals surface area contributed by atoms with Crippen LogP contribution < -0.4 is 5.32 Å². The second-order valence-corrected chi connectivity index (χ2v) is 4.45. The molecule has 0 amide bonds. The Hall–Kier alpha value is -2.42. The van der Waals surface area contributed by atoms with Crippen LogP contribution in [0, 0.1) is 11.3 Å². The summed E-state index contributed by atoms with van der Waals surface area (Å²) in [4.78, 5) is 0. The second-order valence-electron chi connectivity index (χ2n) is 4.45. The summed E-state index contributed by atoms with van der Waals surface area (Å²) >= 11 is 0. The first-order chi connectivity index (χ1) is 9.94. The van der Waals surface area contributed by atoms with Crippen molar-refractivity contribution in [3.05, 3.63) is 53.0 Å². The van der Waals surface area contributed by atoms with Crippen LogP contribution in [0.3, 0.4) is 0 Å². The van der Waals surface area contributed by atoms with Crippen molar-refractivity contribution >= 4 is 5.69 Å². The van der Waals surface area contributed by atoms with Crippen LogP contribution in [0.25, 0.3) is 0 Å². The lowest BCUT2D eigenvalue weighted by Gasteiger charge is -2.11. The van der Waals surface area contributed by atoms with Crippen LogP contribution in [0.1, 0.15) is 29.6 Å². The molecule has 0 aliphatic rings. The van der Waals surface area contributed by atoms with Crippen molar-refractivity contribution in [2.24, 2.45) is 0 Å². The maximum Gasteiger partial charge on any atom is 0.417 e. The predicted molar refractivity (Wildman–Crippen MR) is 71.6 cm³/mol. The topological polar surface area (TPSA) is 49.0 Å². The number of nitrogens with one attached hydrogen (secondary N) is 1. The third kappa shape index (κ3) is 3.57. The number of aryl methyl sites for hydroxylation is 1. The minimum absolute atomic E-state index is 0.281. The van der Waals surface area contributed by atoms with Crippen LogP contribution in [0.5, 0.6) is 0 Å². The van der Waals surface area contributed by atoms with Gasteiger partial charge in [-0.05, 0) is 30.3 Å². The maximum absolute atomic E-state index is 12.8. The van der Waals surface area contributed by atoms with Crippen LogP contribution >= 0.6 is 0 Å². The molecule has 0 bridgehead atoms. The molecule has 110 valence electrons. The van der Waals surface area contributed by atoms with Crippen molar-refractivity contribution < 1.29 is 17.6 Å². The molecule has 21 heavy (non-hydrogen) atoms. The number of benzene rings is 1.